The van der Waals surface area contributed by atoms with Crippen molar-refractivity contribution in [3.05, 3.63) is 0 Å². The lowest BCUT2D eigenvalue weighted by molar-refractivity contribution is -0.494. The zero-order chi connectivity index (χ0) is 17.6. The predicted octanol–water partition coefficient (Wildman–Crippen LogP) is 4.66. The Morgan fingerprint density at radius 1 is 0.625 bits per heavy atom. The van der Waals surface area contributed by atoms with Gasteiger partial charge in [-0.2, -0.15) is 0 Å². The molecule has 4 atom stereocenters. The molecule has 0 aromatic carbocycles. The fourth-order valence-corrected chi connectivity index (χ4v) is 4.30. The molecule has 3 fully saturated rings. The van der Waals surface area contributed by atoms with Gasteiger partial charge in [-0.05, 0) is 36.5 Å². The van der Waals surface area contributed by atoms with Crippen LogP contribution in [0.15, 0.2) is 0 Å². The zero-order valence-electron chi connectivity index (χ0n) is 16.4. The van der Waals surface area contributed by atoms with Gasteiger partial charge in [0.15, 0.2) is 0 Å². The van der Waals surface area contributed by atoms with Crippen LogP contribution in [0.4, 0.5) is 0 Å². The molecule has 3 aliphatic rings. The quantitative estimate of drug-likeness (QED) is 0.643. The lowest BCUT2D eigenvalue weighted by Gasteiger charge is -2.61. The third kappa shape index (κ3) is 3.15. The molecular weight excluding hydrogens is 304 g/mol. The molecule has 24 heavy (non-hydrogen) atoms. The van der Waals surface area contributed by atoms with Crippen molar-refractivity contribution >= 4 is 0 Å². The SMILES string of the molecule is CC(C)(C)[C@H]1O[C@]2(CCCCO2)[C@@]2(CCCCO2)O[C@@H]1C(C)(C)C. The highest BCUT2D eigenvalue weighted by Crippen LogP contribution is 2.54. The van der Waals surface area contributed by atoms with Crippen LogP contribution in [0.5, 0.6) is 0 Å². The molecule has 0 aromatic heterocycles. The van der Waals surface area contributed by atoms with Gasteiger partial charge in [-0.3, -0.25) is 0 Å². The van der Waals surface area contributed by atoms with Gasteiger partial charge in [-0.1, -0.05) is 41.5 Å². The Kier molecular flexibility index (Phi) is 4.83. The van der Waals surface area contributed by atoms with Crippen molar-refractivity contribution in [1.29, 1.82) is 0 Å². The highest BCUT2D eigenvalue weighted by molar-refractivity contribution is 5.03. The van der Waals surface area contributed by atoms with Crippen LogP contribution in [-0.2, 0) is 18.9 Å². The summed E-state index contributed by atoms with van der Waals surface area (Å²) in [7, 11) is 0. The molecule has 3 rings (SSSR count). The minimum Gasteiger partial charge on any atom is -0.345 e. The van der Waals surface area contributed by atoms with Crippen LogP contribution in [0.25, 0.3) is 0 Å². The summed E-state index contributed by atoms with van der Waals surface area (Å²) in [5.74, 6) is -1.49. The molecule has 0 amide bonds. The molecule has 3 heterocycles. The van der Waals surface area contributed by atoms with Crippen LogP contribution in [-0.4, -0.2) is 37.0 Å². The van der Waals surface area contributed by atoms with Gasteiger partial charge in [0.2, 0.25) is 11.6 Å². The number of hydrogen-bond acceptors (Lipinski definition) is 4. The predicted molar refractivity (Wildman–Crippen MR) is 93.7 cm³/mol. The van der Waals surface area contributed by atoms with E-state index >= 15 is 0 Å². The van der Waals surface area contributed by atoms with Crippen molar-refractivity contribution in [3.63, 3.8) is 0 Å². The van der Waals surface area contributed by atoms with Crippen molar-refractivity contribution in [2.45, 2.75) is 104 Å². The Bertz CT molecular complexity index is 392. The zero-order valence-corrected chi connectivity index (χ0v) is 16.4. The van der Waals surface area contributed by atoms with Crippen molar-refractivity contribution in [2.75, 3.05) is 13.2 Å². The molecule has 0 aliphatic carbocycles. The van der Waals surface area contributed by atoms with E-state index in [9.17, 15) is 0 Å². The normalized spacial score (nSPS) is 41.8. The summed E-state index contributed by atoms with van der Waals surface area (Å²) >= 11 is 0. The molecule has 4 heteroatoms. The van der Waals surface area contributed by atoms with E-state index in [1.165, 1.54) is 0 Å². The maximum Gasteiger partial charge on any atom is 0.224 e. The number of fused-ring (bicyclic) bond motifs is 1. The van der Waals surface area contributed by atoms with E-state index in [-0.39, 0.29) is 23.0 Å². The van der Waals surface area contributed by atoms with Crippen molar-refractivity contribution in [2.24, 2.45) is 10.8 Å². The average molecular weight is 341 g/mol. The summed E-state index contributed by atoms with van der Waals surface area (Å²) in [6.45, 7) is 14.8. The van der Waals surface area contributed by atoms with Gasteiger partial charge >= 0.3 is 0 Å². The lowest BCUT2D eigenvalue weighted by atomic mass is 9.73. The average Bonchev–Trinajstić information content (AvgIpc) is 2.50. The highest BCUT2D eigenvalue weighted by Gasteiger charge is 2.65. The molecule has 0 N–H and O–H groups in total. The third-order valence-electron chi connectivity index (χ3n) is 5.67. The summed E-state index contributed by atoms with van der Waals surface area (Å²) in [6, 6.07) is 0. The van der Waals surface area contributed by atoms with E-state index in [1.807, 2.05) is 0 Å². The number of rotatable bonds is 0. The highest BCUT2D eigenvalue weighted by atomic mass is 16.8. The molecule has 4 nitrogen and oxygen atoms in total. The first-order valence-electron chi connectivity index (χ1n) is 9.73. The Balaban J connectivity index is 2.01. The van der Waals surface area contributed by atoms with E-state index in [4.69, 9.17) is 18.9 Å². The smallest absolute Gasteiger partial charge is 0.224 e. The Labute approximate surface area is 147 Å². The van der Waals surface area contributed by atoms with E-state index in [0.717, 1.165) is 51.7 Å². The maximum atomic E-state index is 6.84. The van der Waals surface area contributed by atoms with Crippen LogP contribution in [0.2, 0.25) is 0 Å². The van der Waals surface area contributed by atoms with Gasteiger partial charge in [0.25, 0.3) is 0 Å². The van der Waals surface area contributed by atoms with Crippen LogP contribution < -0.4 is 0 Å². The number of ether oxygens (including phenoxy) is 4. The molecule has 0 aromatic rings. The first-order valence-corrected chi connectivity index (χ1v) is 9.73. The molecule has 0 radical (unpaired) electrons. The molecule has 3 saturated heterocycles. The minimum atomic E-state index is -0.745. The summed E-state index contributed by atoms with van der Waals surface area (Å²) in [6.07, 6.45) is 6.05. The molecular formula is C20H36O4. The Hall–Kier alpha value is -0.160. The molecule has 0 saturated carbocycles. The summed E-state index contributed by atoms with van der Waals surface area (Å²) in [5, 5.41) is 0. The second-order valence-corrected chi connectivity index (χ2v) is 9.93. The first kappa shape index (κ1) is 18.6. The summed E-state index contributed by atoms with van der Waals surface area (Å²) in [5.41, 5.74) is -0.0515. The van der Waals surface area contributed by atoms with E-state index in [2.05, 4.69) is 41.5 Å². The second-order valence-electron chi connectivity index (χ2n) is 9.93. The minimum absolute atomic E-state index is 0.0215. The third-order valence-corrected chi connectivity index (χ3v) is 5.67. The van der Waals surface area contributed by atoms with Crippen molar-refractivity contribution in [1.82, 2.24) is 0 Å². The topological polar surface area (TPSA) is 36.9 Å². The van der Waals surface area contributed by atoms with Crippen LogP contribution >= 0.6 is 0 Å². The van der Waals surface area contributed by atoms with Gasteiger partial charge in [0, 0.05) is 12.8 Å². The monoisotopic (exact) mass is 340 g/mol. The molecule has 0 unspecified atom stereocenters. The van der Waals surface area contributed by atoms with Crippen LogP contribution in [0.3, 0.4) is 0 Å². The number of hydrogen-bond donors (Lipinski definition) is 0. The Morgan fingerprint density at radius 3 is 1.25 bits per heavy atom. The van der Waals surface area contributed by atoms with E-state index < -0.39 is 11.6 Å². The molecule has 3 aliphatic heterocycles. The molecule has 2 spiro atoms. The fraction of sp³-hybridized carbons (Fsp3) is 1.00. The van der Waals surface area contributed by atoms with Gasteiger partial charge in [0.1, 0.15) is 0 Å². The summed E-state index contributed by atoms with van der Waals surface area (Å²) in [4.78, 5) is 0. The maximum absolute atomic E-state index is 6.84. The Morgan fingerprint density at radius 2 is 1.00 bits per heavy atom. The molecule has 140 valence electrons. The van der Waals surface area contributed by atoms with Gasteiger partial charge in [0.05, 0.1) is 25.4 Å². The van der Waals surface area contributed by atoms with E-state index in [1.54, 1.807) is 0 Å². The standard InChI is InChI=1S/C20H36O4/c1-17(2,3)15-16(18(4,5)6)24-20(12-8-10-14-22-20)19(23-15)11-7-9-13-21-19/h15-16H,7-14H2,1-6H3/t15-,16-,19+,20+/m0/s1. The van der Waals surface area contributed by atoms with Crippen LogP contribution in [0, 0.1) is 10.8 Å². The van der Waals surface area contributed by atoms with Gasteiger partial charge < -0.3 is 18.9 Å². The van der Waals surface area contributed by atoms with Gasteiger partial charge in [-0.25, -0.2) is 0 Å². The van der Waals surface area contributed by atoms with Crippen LogP contribution in [0.1, 0.15) is 80.1 Å². The fourth-order valence-electron chi connectivity index (χ4n) is 4.30. The lowest BCUT2D eigenvalue weighted by Crippen LogP contribution is -2.72. The largest absolute Gasteiger partial charge is 0.345 e. The van der Waals surface area contributed by atoms with Crippen molar-refractivity contribution in [3.8, 4) is 0 Å². The second kappa shape index (κ2) is 6.22. The molecule has 0 bridgehead atoms. The summed E-state index contributed by atoms with van der Waals surface area (Å²) < 4.78 is 26.3. The van der Waals surface area contributed by atoms with Gasteiger partial charge in [-0.15, -0.1) is 0 Å². The van der Waals surface area contributed by atoms with E-state index in [0.29, 0.717) is 0 Å². The van der Waals surface area contributed by atoms with Crippen molar-refractivity contribution < 1.29 is 18.9 Å². The first-order chi connectivity index (χ1) is 11.1.